The van der Waals surface area contributed by atoms with Crippen LogP contribution >= 0.6 is 11.8 Å². The maximum absolute atomic E-state index is 14.1. The molecule has 0 spiro atoms. The van der Waals surface area contributed by atoms with Crippen molar-refractivity contribution in [1.82, 2.24) is 4.90 Å². The first-order valence-electron chi connectivity index (χ1n) is 13.7. The van der Waals surface area contributed by atoms with Gasteiger partial charge < -0.3 is 18.9 Å². The number of rotatable bonds is 9. The van der Waals surface area contributed by atoms with Gasteiger partial charge in [-0.15, -0.1) is 0 Å². The van der Waals surface area contributed by atoms with E-state index >= 15 is 0 Å². The first-order chi connectivity index (χ1) is 20.4. The van der Waals surface area contributed by atoms with E-state index in [1.165, 1.54) is 18.9 Å². The zero-order valence-corrected chi connectivity index (χ0v) is 24.7. The van der Waals surface area contributed by atoms with Gasteiger partial charge in [-0.3, -0.25) is 19.5 Å². The second-order valence-corrected chi connectivity index (χ2v) is 10.8. The lowest BCUT2D eigenvalue weighted by Crippen LogP contribution is -2.48. The predicted octanol–water partition coefficient (Wildman–Crippen LogP) is 5.39. The second kappa shape index (κ2) is 12.7. The molecular formula is C32H32N2O7S. The Bertz CT molecular complexity index is 1580. The minimum atomic E-state index is -0.821. The molecule has 0 bridgehead atoms. The number of aliphatic imine (C=N–C) groups is 1. The molecule has 10 heteroatoms. The van der Waals surface area contributed by atoms with Gasteiger partial charge in [-0.25, -0.2) is 4.79 Å². The number of benzene rings is 3. The Morgan fingerprint density at radius 3 is 2.52 bits per heavy atom. The third kappa shape index (κ3) is 5.72. The number of nitrogens with zero attached hydrogens (tertiary/aromatic N) is 2. The minimum Gasteiger partial charge on any atom is -0.493 e. The smallest absolute Gasteiger partial charge is 0.344 e. The van der Waals surface area contributed by atoms with Gasteiger partial charge >= 0.3 is 11.9 Å². The SMILES string of the molecule is CCOC(=O)COc1ccc([C@H]2[C@H](C(=O)OCC)C(C)=N[C@H]3S/C(=C/c4cccc5ccccc45)C(=O)N32)cc1OC. The van der Waals surface area contributed by atoms with Gasteiger partial charge in [0.25, 0.3) is 5.91 Å². The fourth-order valence-corrected chi connectivity index (χ4v) is 6.46. The van der Waals surface area contributed by atoms with Crippen molar-refractivity contribution in [3.8, 4) is 11.5 Å². The fraction of sp³-hybridized carbons (Fsp3) is 0.312. The van der Waals surface area contributed by atoms with Gasteiger partial charge in [-0.05, 0) is 60.9 Å². The largest absolute Gasteiger partial charge is 0.493 e. The molecule has 0 unspecified atom stereocenters. The van der Waals surface area contributed by atoms with E-state index in [4.69, 9.17) is 23.9 Å². The second-order valence-electron chi connectivity index (χ2n) is 9.68. The first-order valence-corrected chi connectivity index (χ1v) is 14.6. The summed E-state index contributed by atoms with van der Waals surface area (Å²) >= 11 is 1.35. The molecule has 0 aliphatic carbocycles. The van der Waals surface area contributed by atoms with Crippen LogP contribution in [0, 0.1) is 5.92 Å². The predicted molar refractivity (Wildman–Crippen MR) is 161 cm³/mol. The van der Waals surface area contributed by atoms with Gasteiger partial charge in [-0.1, -0.05) is 60.3 Å². The summed E-state index contributed by atoms with van der Waals surface area (Å²) in [5, 5.41) is 2.11. The van der Waals surface area contributed by atoms with E-state index in [1.807, 2.05) is 48.5 Å². The highest BCUT2D eigenvalue weighted by Gasteiger charge is 2.50. The standard InChI is InChI=1S/C32H32N2O7S/c1-5-39-27(35)18-41-24-15-14-22(16-25(24)38-4)29-28(31(37)40-6-2)19(3)33-32-34(29)30(36)26(42-32)17-21-12-9-11-20-10-7-8-13-23(20)21/h7-17,28-29,32H,5-6,18H2,1-4H3/b26-17+/t28-,29+,32-/m1/s1. The van der Waals surface area contributed by atoms with Crippen LogP contribution in [-0.2, 0) is 23.9 Å². The lowest BCUT2D eigenvalue weighted by atomic mass is 9.86. The molecular weight excluding hydrogens is 556 g/mol. The van der Waals surface area contributed by atoms with Gasteiger partial charge in [-0.2, -0.15) is 0 Å². The van der Waals surface area contributed by atoms with Gasteiger partial charge in [0.1, 0.15) is 5.92 Å². The molecule has 2 aliphatic rings. The van der Waals surface area contributed by atoms with Crippen molar-refractivity contribution in [2.24, 2.45) is 10.9 Å². The molecule has 3 atom stereocenters. The Balaban J connectivity index is 1.54. The normalized spacial score (nSPS) is 20.7. The molecule has 0 saturated carbocycles. The highest BCUT2D eigenvalue weighted by molar-refractivity contribution is 8.05. The number of hydrogen-bond acceptors (Lipinski definition) is 9. The third-order valence-corrected chi connectivity index (χ3v) is 8.22. The van der Waals surface area contributed by atoms with Crippen molar-refractivity contribution in [3.63, 3.8) is 0 Å². The zero-order chi connectivity index (χ0) is 29.8. The molecule has 0 N–H and O–H groups in total. The summed E-state index contributed by atoms with van der Waals surface area (Å²) < 4.78 is 21.6. The van der Waals surface area contributed by atoms with Crippen molar-refractivity contribution < 1.29 is 33.3 Å². The number of carbonyl (C=O) groups excluding carboxylic acids is 3. The highest BCUT2D eigenvalue weighted by Crippen LogP contribution is 2.49. The molecule has 1 amide bonds. The molecule has 2 heterocycles. The van der Waals surface area contributed by atoms with Crippen LogP contribution in [0.5, 0.6) is 11.5 Å². The number of esters is 2. The summed E-state index contributed by atoms with van der Waals surface area (Å²) in [7, 11) is 1.48. The van der Waals surface area contributed by atoms with E-state index < -0.39 is 29.4 Å². The van der Waals surface area contributed by atoms with Crippen LogP contribution in [0.1, 0.15) is 37.9 Å². The van der Waals surface area contributed by atoms with E-state index in [0.717, 1.165) is 16.3 Å². The Morgan fingerprint density at radius 1 is 1.00 bits per heavy atom. The summed E-state index contributed by atoms with van der Waals surface area (Å²) in [6.07, 6.45) is 1.89. The topological polar surface area (TPSA) is 104 Å². The van der Waals surface area contributed by atoms with E-state index in [0.29, 0.717) is 27.7 Å². The highest BCUT2D eigenvalue weighted by atomic mass is 32.2. The molecule has 218 valence electrons. The molecule has 3 aromatic rings. The average Bonchev–Trinajstić information content (AvgIpc) is 3.29. The molecule has 9 nitrogen and oxygen atoms in total. The number of fused-ring (bicyclic) bond motifs is 2. The summed E-state index contributed by atoms with van der Waals surface area (Å²) in [6.45, 7) is 5.41. The van der Waals surface area contributed by atoms with Crippen LogP contribution in [0.2, 0.25) is 0 Å². The zero-order valence-electron chi connectivity index (χ0n) is 23.9. The number of amides is 1. The maximum Gasteiger partial charge on any atom is 0.344 e. The number of carbonyl (C=O) groups is 3. The summed E-state index contributed by atoms with van der Waals surface area (Å²) in [5.41, 5.74) is 1.59. The van der Waals surface area contributed by atoms with Crippen molar-refractivity contribution in [2.45, 2.75) is 32.3 Å². The molecule has 2 aliphatic heterocycles. The average molecular weight is 589 g/mol. The number of thioether (sulfide) groups is 1. The monoisotopic (exact) mass is 588 g/mol. The molecule has 3 aromatic carbocycles. The summed E-state index contributed by atoms with van der Waals surface area (Å²) in [6, 6.07) is 18.4. The lowest BCUT2D eigenvalue weighted by molar-refractivity contribution is -0.149. The first kappa shape index (κ1) is 29.2. The minimum absolute atomic E-state index is 0.192. The lowest BCUT2D eigenvalue weighted by Gasteiger charge is -2.39. The molecule has 1 saturated heterocycles. The maximum atomic E-state index is 14.1. The summed E-state index contributed by atoms with van der Waals surface area (Å²) in [5.74, 6) is -1.33. The van der Waals surface area contributed by atoms with Gasteiger partial charge in [0.2, 0.25) is 0 Å². The fourth-order valence-electron chi connectivity index (χ4n) is 5.27. The van der Waals surface area contributed by atoms with Crippen LogP contribution in [0.15, 0.2) is 70.6 Å². The van der Waals surface area contributed by atoms with Gasteiger partial charge in [0.05, 0.1) is 31.3 Å². The van der Waals surface area contributed by atoms with Gasteiger partial charge in [0, 0.05) is 5.71 Å². The molecule has 42 heavy (non-hydrogen) atoms. The number of ether oxygens (including phenoxy) is 4. The van der Waals surface area contributed by atoms with E-state index in [2.05, 4.69) is 0 Å². The Labute approximate surface area is 248 Å². The van der Waals surface area contributed by atoms with Crippen LogP contribution in [0.3, 0.4) is 0 Å². The van der Waals surface area contributed by atoms with E-state index in [-0.39, 0.29) is 25.7 Å². The summed E-state index contributed by atoms with van der Waals surface area (Å²) in [4.78, 5) is 46.1. The van der Waals surface area contributed by atoms with Crippen LogP contribution < -0.4 is 9.47 Å². The molecule has 0 radical (unpaired) electrons. The van der Waals surface area contributed by atoms with Crippen molar-refractivity contribution in [3.05, 3.63) is 76.7 Å². The van der Waals surface area contributed by atoms with Crippen molar-refractivity contribution in [2.75, 3.05) is 26.9 Å². The van der Waals surface area contributed by atoms with Crippen LogP contribution in [-0.4, -0.2) is 60.9 Å². The number of hydrogen-bond donors (Lipinski definition) is 0. The molecule has 5 rings (SSSR count). The Hall–Kier alpha value is -4.31. The molecule has 1 fully saturated rings. The van der Waals surface area contributed by atoms with Crippen molar-refractivity contribution >= 4 is 52.2 Å². The van der Waals surface area contributed by atoms with Crippen molar-refractivity contribution in [1.29, 1.82) is 0 Å². The van der Waals surface area contributed by atoms with Gasteiger partial charge in [0.15, 0.2) is 23.6 Å². The van der Waals surface area contributed by atoms with Crippen LogP contribution in [0.25, 0.3) is 16.8 Å². The Morgan fingerprint density at radius 2 is 1.76 bits per heavy atom. The van der Waals surface area contributed by atoms with E-state index in [9.17, 15) is 14.4 Å². The quantitative estimate of drug-likeness (QED) is 0.242. The molecule has 0 aromatic heterocycles. The van der Waals surface area contributed by atoms with E-state index in [1.54, 1.807) is 43.9 Å². The van der Waals surface area contributed by atoms with Crippen LogP contribution in [0.4, 0.5) is 0 Å². The number of methoxy groups -OCH3 is 1. The Kier molecular flexibility index (Phi) is 8.82. The third-order valence-electron chi connectivity index (χ3n) is 7.13.